The van der Waals surface area contributed by atoms with E-state index in [1.165, 1.54) is 19.8 Å². The minimum atomic E-state index is -0.682. The van der Waals surface area contributed by atoms with Gasteiger partial charge in [0.25, 0.3) is 5.91 Å². The lowest BCUT2D eigenvalue weighted by Crippen LogP contribution is -2.31. The predicted octanol–water partition coefficient (Wildman–Crippen LogP) is 3.35. The summed E-state index contributed by atoms with van der Waals surface area (Å²) in [5.74, 6) is -0.423. The Labute approximate surface area is 159 Å². The minimum Gasteiger partial charge on any atom is -0.496 e. The van der Waals surface area contributed by atoms with Gasteiger partial charge in [-0.2, -0.15) is 0 Å². The van der Waals surface area contributed by atoms with Gasteiger partial charge >= 0.3 is 5.97 Å². The van der Waals surface area contributed by atoms with Crippen molar-refractivity contribution in [2.45, 2.75) is 26.8 Å². The van der Waals surface area contributed by atoms with E-state index in [4.69, 9.17) is 14.2 Å². The smallest absolute Gasteiger partial charge is 0.346 e. The molecule has 0 aliphatic rings. The Bertz CT molecular complexity index is 809. The van der Waals surface area contributed by atoms with Crippen molar-refractivity contribution in [3.63, 3.8) is 0 Å². The van der Waals surface area contributed by atoms with Crippen LogP contribution in [0.3, 0.4) is 0 Å². The maximum Gasteiger partial charge on any atom is 0.346 e. The topological polar surface area (TPSA) is 73.9 Å². The number of benzene rings is 2. The van der Waals surface area contributed by atoms with Crippen molar-refractivity contribution in [2.75, 3.05) is 20.8 Å². The maximum absolute atomic E-state index is 12.4. The van der Waals surface area contributed by atoms with Crippen LogP contribution in [0.4, 0.5) is 0 Å². The molecule has 2 rings (SSSR count). The van der Waals surface area contributed by atoms with Gasteiger partial charge in [-0.15, -0.1) is 0 Å². The highest BCUT2D eigenvalue weighted by Crippen LogP contribution is 2.28. The zero-order valence-corrected chi connectivity index (χ0v) is 16.3. The summed E-state index contributed by atoms with van der Waals surface area (Å²) in [5, 5.41) is 2.83. The summed E-state index contributed by atoms with van der Waals surface area (Å²) >= 11 is 0. The SMILES string of the molecule is COc1cccc(OC)c1C(=O)OCC(=O)N[C@H](C)c1ccc(C)c(C)c1. The Kier molecular flexibility index (Phi) is 6.82. The highest BCUT2D eigenvalue weighted by molar-refractivity contribution is 5.96. The zero-order chi connectivity index (χ0) is 20.0. The van der Waals surface area contributed by atoms with Crippen LogP contribution in [0, 0.1) is 13.8 Å². The Morgan fingerprint density at radius 3 is 2.19 bits per heavy atom. The number of ether oxygens (including phenoxy) is 3. The highest BCUT2D eigenvalue weighted by atomic mass is 16.5. The normalized spacial score (nSPS) is 11.4. The Morgan fingerprint density at radius 2 is 1.63 bits per heavy atom. The summed E-state index contributed by atoms with van der Waals surface area (Å²) in [6, 6.07) is 10.8. The van der Waals surface area contributed by atoms with E-state index in [9.17, 15) is 9.59 Å². The van der Waals surface area contributed by atoms with Gasteiger partial charge in [0.2, 0.25) is 0 Å². The van der Waals surface area contributed by atoms with E-state index < -0.39 is 12.6 Å². The van der Waals surface area contributed by atoms with Crippen molar-refractivity contribution in [3.05, 3.63) is 58.7 Å². The molecule has 0 spiro atoms. The lowest BCUT2D eigenvalue weighted by atomic mass is 10.0. The van der Waals surface area contributed by atoms with Crippen LogP contribution in [0.2, 0.25) is 0 Å². The molecule has 1 N–H and O–H groups in total. The number of aryl methyl sites for hydroxylation is 2. The monoisotopic (exact) mass is 371 g/mol. The molecule has 0 heterocycles. The molecule has 0 saturated heterocycles. The Morgan fingerprint density at radius 1 is 1.00 bits per heavy atom. The van der Waals surface area contributed by atoms with Gasteiger partial charge in [-0.3, -0.25) is 4.79 Å². The molecule has 0 radical (unpaired) electrons. The Hall–Kier alpha value is -3.02. The summed E-state index contributed by atoms with van der Waals surface area (Å²) in [7, 11) is 2.90. The molecular weight excluding hydrogens is 346 g/mol. The second kappa shape index (κ2) is 9.07. The number of carbonyl (C=O) groups excluding carboxylic acids is 2. The van der Waals surface area contributed by atoms with Gasteiger partial charge in [-0.25, -0.2) is 4.79 Å². The first-order valence-electron chi connectivity index (χ1n) is 8.62. The van der Waals surface area contributed by atoms with Crippen LogP contribution >= 0.6 is 0 Å². The quantitative estimate of drug-likeness (QED) is 0.756. The molecule has 2 aromatic rings. The van der Waals surface area contributed by atoms with E-state index >= 15 is 0 Å². The zero-order valence-electron chi connectivity index (χ0n) is 16.3. The molecular formula is C21H25NO5. The molecule has 0 aliphatic heterocycles. The molecule has 0 fully saturated rings. The molecule has 0 saturated carbocycles. The summed E-state index contributed by atoms with van der Waals surface area (Å²) in [6.07, 6.45) is 0. The number of methoxy groups -OCH3 is 2. The lowest BCUT2D eigenvalue weighted by Gasteiger charge is -2.16. The van der Waals surface area contributed by atoms with Crippen LogP contribution in [0.25, 0.3) is 0 Å². The van der Waals surface area contributed by atoms with Gasteiger partial charge in [0.05, 0.1) is 20.3 Å². The second-order valence-corrected chi connectivity index (χ2v) is 6.25. The fourth-order valence-electron chi connectivity index (χ4n) is 2.66. The van der Waals surface area contributed by atoms with Crippen LogP contribution in [-0.2, 0) is 9.53 Å². The largest absolute Gasteiger partial charge is 0.496 e. The van der Waals surface area contributed by atoms with E-state index in [2.05, 4.69) is 5.32 Å². The number of esters is 1. The van der Waals surface area contributed by atoms with Crippen molar-refractivity contribution in [1.82, 2.24) is 5.32 Å². The molecule has 0 bridgehead atoms. The molecule has 6 heteroatoms. The number of hydrogen-bond acceptors (Lipinski definition) is 5. The average molecular weight is 371 g/mol. The second-order valence-electron chi connectivity index (χ2n) is 6.25. The molecule has 27 heavy (non-hydrogen) atoms. The average Bonchev–Trinajstić information content (AvgIpc) is 2.67. The molecule has 2 aromatic carbocycles. The first kappa shape index (κ1) is 20.3. The van der Waals surface area contributed by atoms with Gasteiger partial charge in [-0.05, 0) is 49.6 Å². The highest BCUT2D eigenvalue weighted by Gasteiger charge is 2.21. The van der Waals surface area contributed by atoms with E-state index in [1.807, 2.05) is 39.0 Å². The number of rotatable bonds is 7. The van der Waals surface area contributed by atoms with Crippen molar-refractivity contribution in [1.29, 1.82) is 0 Å². The number of nitrogens with one attached hydrogen (secondary N) is 1. The lowest BCUT2D eigenvalue weighted by molar-refractivity contribution is -0.124. The Balaban J connectivity index is 1.99. The summed E-state index contributed by atoms with van der Waals surface area (Å²) in [5.41, 5.74) is 3.49. The van der Waals surface area contributed by atoms with E-state index in [-0.39, 0.29) is 17.5 Å². The summed E-state index contributed by atoms with van der Waals surface area (Å²) < 4.78 is 15.5. The van der Waals surface area contributed by atoms with E-state index in [0.717, 1.165) is 11.1 Å². The van der Waals surface area contributed by atoms with Crippen LogP contribution in [0.5, 0.6) is 11.5 Å². The third-order valence-electron chi connectivity index (χ3n) is 4.37. The number of hydrogen-bond donors (Lipinski definition) is 1. The molecule has 6 nitrogen and oxygen atoms in total. The molecule has 1 amide bonds. The first-order chi connectivity index (χ1) is 12.9. The molecule has 0 unspecified atom stereocenters. The summed E-state index contributed by atoms with van der Waals surface area (Å²) in [6.45, 7) is 5.55. The van der Waals surface area contributed by atoms with Crippen LogP contribution in [0.1, 0.15) is 40.0 Å². The van der Waals surface area contributed by atoms with E-state index in [0.29, 0.717) is 11.5 Å². The van der Waals surface area contributed by atoms with Gasteiger partial charge in [0.1, 0.15) is 17.1 Å². The number of carbonyl (C=O) groups is 2. The van der Waals surface area contributed by atoms with Crippen LogP contribution < -0.4 is 14.8 Å². The third kappa shape index (κ3) is 5.00. The van der Waals surface area contributed by atoms with E-state index in [1.54, 1.807) is 18.2 Å². The first-order valence-corrected chi connectivity index (χ1v) is 8.62. The fraction of sp³-hybridized carbons (Fsp3) is 0.333. The van der Waals surface area contributed by atoms with Gasteiger partial charge in [0, 0.05) is 0 Å². The summed E-state index contributed by atoms with van der Waals surface area (Å²) in [4.78, 5) is 24.6. The molecule has 144 valence electrons. The maximum atomic E-state index is 12.4. The van der Waals surface area contributed by atoms with Gasteiger partial charge in [0.15, 0.2) is 6.61 Å². The van der Waals surface area contributed by atoms with Gasteiger partial charge in [-0.1, -0.05) is 24.3 Å². The fourth-order valence-corrected chi connectivity index (χ4v) is 2.66. The van der Waals surface area contributed by atoms with Crippen LogP contribution in [0.15, 0.2) is 36.4 Å². The molecule has 0 aromatic heterocycles. The van der Waals surface area contributed by atoms with Crippen molar-refractivity contribution >= 4 is 11.9 Å². The van der Waals surface area contributed by atoms with Crippen molar-refractivity contribution < 1.29 is 23.8 Å². The number of amides is 1. The minimum absolute atomic E-state index is 0.150. The standard InChI is InChI=1S/C21H25NO5/c1-13-9-10-16(11-14(13)2)15(3)22-19(23)12-27-21(24)20-17(25-4)7-6-8-18(20)26-5/h6-11,15H,12H2,1-5H3,(H,22,23)/t15-/m1/s1. The third-order valence-corrected chi connectivity index (χ3v) is 4.37. The predicted molar refractivity (Wildman–Crippen MR) is 102 cm³/mol. The molecule has 1 atom stereocenters. The van der Waals surface area contributed by atoms with Crippen molar-refractivity contribution in [3.8, 4) is 11.5 Å². The van der Waals surface area contributed by atoms with Crippen LogP contribution in [-0.4, -0.2) is 32.7 Å². The molecule has 0 aliphatic carbocycles. The van der Waals surface area contributed by atoms with Gasteiger partial charge < -0.3 is 19.5 Å². The van der Waals surface area contributed by atoms with Crippen molar-refractivity contribution in [2.24, 2.45) is 0 Å².